The van der Waals surface area contributed by atoms with Gasteiger partial charge in [0.2, 0.25) is 17.7 Å². The summed E-state index contributed by atoms with van der Waals surface area (Å²) < 4.78 is 5.51. The van der Waals surface area contributed by atoms with Gasteiger partial charge in [0.15, 0.2) is 0 Å². The highest BCUT2D eigenvalue weighted by Gasteiger charge is 2.42. The first kappa shape index (κ1) is 35.6. The Hall–Kier alpha value is -4.66. The van der Waals surface area contributed by atoms with E-state index in [1.807, 2.05) is 75.4 Å². The Morgan fingerprint density at radius 1 is 0.755 bits per heavy atom. The molecule has 0 spiro atoms. The lowest BCUT2D eigenvalue weighted by Gasteiger charge is -2.37. The summed E-state index contributed by atoms with van der Waals surface area (Å²) in [5, 5.41) is 5.89. The lowest BCUT2D eigenvalue weighted by molar-refractivity contribution is -0.139. The minimum absolute atomic E-state index is 0.0835. The number of ether oxygens (including phenoxy) is 1. The normalized spacial score (nSPS) is 18.1. The van der Waals surface area contributed by atoms with E-state index in [-0.39, 0.29) is 49.1 Å². The number of benzene rings is 3. The van der Waals surface area contributed by atoms with E-state index in [1.54, 1.807) is 9.80 Å². The predicted molar refractivity (Wildman–Crippen MR) is 190 cm³/mol. The van der Waals surface area contributed by atoms with Gasteiger partial charge in [-0.1, -0.05) is 91.0 Å². The average molecular weight is 667 g/mol. The largest absolute Gasteiger partial charge is 0.444 e. The Morgan fingerprint density at radius 3 is 1.86 bits per heavy atom. The molecule has 4 amide bonds. The quantitative estimate of drug-likeness (QED) is 0.257. The Bertz CT molecular complexity index is 1460. The van der Waals surface area contributed by atoms with Gasteiger partial charge in [0.05, 0.1) is 5.41 Å². The molecule has 2 heterocycles. The van der Waals surface area contributed by atoms with Crippen LogP contribution < -0.4 is 10.6 Å². The molecule has 9 heteroatoms. The smallest absolute Gasteiger partial charge is 0.410 e. The van der Waals surface area contributed by atoms with Gasteiger partial charge >= 0.3 is 6.09 Å². The fraction of sp³-hybridized carbons (Fsp3) is 0.450. The number of nitrogens with one attached hydrogen (secondary N) is 2. The van der Waals surface area contributed by atoms with Gasteiger partial charge in [0, 0.05) is 45.6 Å². The number of rotatable bonds is 11. The molecule has 0 bridgehead atoms. The van der Waals surface area contributed by atoms with Crippen LogP contribution in [0, 0.1) is 5.92 Å². The summed E-state index contributed by atoms with van der Waals surface area (Å²) in [7, 11) is 0. The highest BCUT2D eigenvalue weighted by atomic mass is 16.6. The van der Waals surface area contributed by atoms with Gasteiger partial charge in [-0.3, -0.25) is 14.4 Å². The summed E-state index contributed by atoms with van der Waals surface area (Å²) in [5.41, 5.74) is 1.74. The summed E-state index contributed by atoms with van der Waals surface area (Å²) in [4.78, 5) is 56.3. The van der Waals surface area contributed by atoms with E-state index in [0.29, 0.717) is 32.6 Å². The first-order valence-corrected chi connectivity index (χ1v) is 17.6. The van der Waals surface area contributed by atoms with Gasteiger partial charge in [-0.25, -0.2) is 4.79 Å². The van der Waals surface area contributed by atoms with E-state index in [1.165, 1.54) is 0 Å². The summed E-state index contributed by atoms with van der Waals surface area (Å²) in [5.74, 6) is -0.330. The van der Waals surface area contributed by atoms with Gasteiger partial charge in [-0.05, 0) is 69.1 Å². The molecule has 3 aromatic carbocycles. The van der Waals surface area contributed by atoms with E-state index in [4.69, 9.17) is 4.74 Å². The molecular formula is C40H50N4O5. The van der Waals surface area contributed by atoms with Gasteiger partial charge in [-0.15, -0.1) is 0 Å². The molecule has 0 aliphatic carbocycles. The molecule has 49 heavy (non-hydrogen) atoms. The average Bonchev–Trinajstić information content (AvgIpc) is 3.61. The van der Waals surface area contributed by atoms with Crippen molar-refractivity contribution in [2.45, 2.75) is 76.4 Å². The second-order valence-corrected chi connectivity index (χ2v) is 14.2. The maximum absolute atomic E-state index is 14.3. The van der Waals surface area contributed by atoms with Crippen molar-refractivity contribution in [2.24, 2.45) is 5.92 Å². The maximum Gasteiger partial charge on any atom is 0.410 e. The second kappa shape index (κ2) is 16.2. The summed E-state index contributed by atoms with van der Waals surface area (Å²) >= 11 is 0. The van der Waals surface area contributed by atoms with Crippen LogP contribution in [-0.2, 0) is 24.5 Å². The van der Waals surface area contributed by atoms with E-state index in [2.05, 4.69) is 47.0 Å². The van der Waals surface area contributed by atoms with Crippen molar-refractivity contribution >= 4 is 23.8 Å². The molecule has 2 aliphatic heterocycles. The molecule has 2 saturated heterocycles. The van der Waals surface area contributed by atoms with Crippen LogP contribution in [0.1, 0.15) is 76.0 Å². The van der Waals surface area contributed by atoms with Crippen LogP contribution in [-0.4, -0.2) is 78.0 Å². The van der Waals surface area contributed by atoms with E-state index in [0.717, 1.165) is 36.0 Å². The third-order valence-electron chi connectivity index (χ3n) is 9.50. The van der Waals surface area contributed by atoms with Crippen LogP contribution in [0.4, 0.5) is 4.79 Å². The lowest BCUT2D eigenvalue weighted by atomic mass is 9.67. The fourth-order valence-electron chi connectivity index (χ4n) is 7.13. The Labute approximate surface area is 290 Å². The fourth-order valence-corrected chi connectivity index (χ4v) is 7.13. The van der Waals surface area contributed by atoms with E-state index in [9.17, 15) is 19.2 Å². The zero-order valence-corrected chi connectivity index (χ0v) is 29.0. The van der Waals surface area contributed by atoms with Crippen LogP contribution in [0.3, 0.4) is 0 Å². The molecule has 3 aromatic rings. The number of hydrogen-bond donors (Lipinski definition) is 2. The number of likely N-dealkylation sites (tertiary alicyclic amines) is 2. The van der Waals surface area contributed by atoms with Crippen molar-refractivity contribution in [3.63, 3.8) is 0 Å². The molecular weight excluding hydrogens is 616 g/mol. The highest BCUT2D eigenvalue weighted by molar-refractivity contribution is 5.89. The van der Waals surface area contributed by atoms with Gasteiger partial charge < -0.3 is 25.2 Å². The Kier molecular flexibility index (Phi) is 11.8. The molecule has 9 nitrogen and oxygen atoms in total. The first-order chi connectivity index (χ1) is 23.6. The maximum atomic E-state index is 14.3. The third kappa shape index (κ3) is 9.08. The summed E-state index contributed by atoms with van der Waals surface area (Å²) in [6, 6.07) is 29.7. The lowest BCUT2D eigenvalue weighted by Crippen LogP contribution is -2.48. The predicted octanol–water partition coefficient (Wildman–Crippen LogP) is 5.67. The van der Waals surface area contributed by atoms with Crippen molar-refractivity contribution in [2.75, 3.05) is 32.7 Å². The number of piperidine rings is 1. The number of nitrogens with zero attached hydrogens (tertiary/aromatic N) is 2. The Morgan fingerprint density at radius 2 is 1.31 bits per heavy atom. The Balaban J connectivity index is 1.18. The zero-order valence-electron chi connectivity index (χ0n) is 29.0. The standard InChI is InChI=1S/C40H50N4O5/c1-39(2,3)49-38(48)43-25-13-15-30(29-43)28-42-35(45)23-24-41-37(47)34-22-14-26-44(34)36(46)27-40(31-16-7-4-8-17-31,32-18-9-5-10-19-32)33-20-11-6-12-21-33/h4-12,16-21,30,34H,13-15,22-29H2,1-3H3,(H,41,47)(H,42,45)/t30-,34+/m1/s1. The van der Waals surface area contributed by atoms with Crippen molar-refractivity contribution in [3.8, 4) is 0 Å². The molecule has 2 aliphatic rings. The van der Waals surface area contributed by atoms with Crippen molar-refractivity contribution in [3.05, 3.63) is 108 Å². The summed E-state index contributed by atoms with van der Waals surface area (Å²) in [6.45, 7) is 7.89. The minimum Gasteiger partial charge on any atom is -0.444 e. The molecule has 2 atom stereocenters. The number of carbonyl (C=O) groups excluding carboxylic acids is 4. The number of hydrogen-bond acceptors (Lipinski definition) is 5. The molecule has 5 rings (SSSR count). The van der Waals surface area contributed by atoms with E-state index < -0.39 is 17.1 Å². The molecule has 2 fully saturated rings. The van der Waals surface area contributed by atoms with Crippen molar-refractivity contribution < 1.29 is 23.9 Å². The van der Waals surface area contributed by atoms with E-state index >= 15 is 0 Å². The minimum atomic E-state index is -0.745. The molecule has 0 radical (unpaired) electrons. The molecule has 2 N–H and O–H groups in total. The topological polar surface area (TPSA) is 108 Å². The number of amides is 4. The van der Waals surface area contributed by atoms with Crippen LogP contribution in [0.5, 0.6) is 0 Å². The SMILES string of the molecule is CC(C)(C)OC(=O)N1CCC[C@H](CNC(=O)CCNC(=O)[C@@H]2CCCN2C(=O)CC(c2ccccc2)(c2ccccc2)c2ccccc2)C1. The van der Waals surface area contributed by atoms with Crippen LogP contribution in [0.15, 0.2) is 91.0 Å². The number of carbonyl (C=O) groups is 4. The molecule has 0 unspecified atom stereocenters. The molecule has 0 saturated carbocycles. The van der Waals surface area contributed by atoms with Crippen LogP contribution in [0.2, 0.25) is 0 Å². The molecule has 260 valence electrons. The zero-order chi connectivity index (χ0) is 34.9. The van der Waals surface area contributed by atoms with Crippen molar-refractivity contribution in [1.29, 1.82) is 0 Å². The molecule has 0 aromatic heterocycles. The van der Waals surface area contributed by atoms with Gasteiger partial charge in [0.1, 0.15) is 11.6 Å². The van der Waals surface area contributed by atoms with Crippen LogP contribution in [0.25, 0.3) is 0 Å². The van der Waals surface area contributed by atoms with Crippen molar-refractivity contribution in [1.82, 2.24) is 20.4 Å². The second-order valence-electron chi connectivity index (χ2n) is 14.2. The monoisotopic (exact) mass is 666 g/mol. The highest BCUT2D eigenvalue weighted by Crippen LogP contribution is 2.43. The first-order valence-electron chi connectivity index (χ1n) is 17.6. The van der Waals surface area contributed by atoms with Gasteiger partial charge in [-0.2, -0.15) is 0 Å². The van der Waals surface area contributed by atoms with Crippen LogP contribution >= 0.6 is 0 Å². The summed E-state index contributed by atoms with van der Waals surface area (Å²) in [6.07, 6.45) is 3.07. The third-order valence-corrected chi connectivity index (χ3v) is 9.50. The van der Waals surface area contributed by atoms with Gasteiger partial charge in [0.25, 0.3) is 0 Å².